The molecule has 0 heterocycles. The van der Waals surface area contributed by atoms with Gasteiger partial charge in [-0.05, 0) is 39.2 Å². The third kappa shape index (κ3) is 5.87. The summed E-state index contributed by atoms with van der Waals surface area (Å²) in [6.07, 6.45) is 9.59. The van der Waals surface area contributed by atoms with E-state index in [1.807, 2.05) is 0 Å². The standard InChI is InChI=1S/C15H32N2/c1-4-6-12-17(14(3)5-2)13-11-16-15-9-7-8-10-15/h14-16H,4-13H2,1-3H3. The summed E-state index contributed by atoms with van der Waals surface area (Å²) < 4.78 is 0. The van der Waals surface area contributed by atoms with Gasteiger partial charge in [0.05, 0.1) is 0 Å². The molecule has 0 spiro atoms. The average Bonchev–Trinajstić information content (AvgIpc) is 2.85. The van der Waals surface area contributed by atoms with E-state index in [0.717, 1.165) is 12.1 Å². The van der Waals surface area contributed by atoms with Gasteiger partial charge in [-0.2, -0.15) is 0 Å². The largest absolute Gasteiger partial charge is 0.313 e. The van der Waals surface area contributed by atoms with Gasteiger partial charge in [-0.1, -0.05) is 33.1 Å². The van der Waals surface area contributed by atoms with E-state index < -0.39 is 0 Å². The van der Waals surface area contributed by atoms with Gasteiger partial charge in [-0.3, -0.25) is 4.90 Å². The zero-order chi connectivity index (χ0) is 12.5. The summed E-state index contributed by atoms with van der Waals surface area (Å²) in [5.74, 6) is 0. The van der Waals surface area contributed by atoms with Crippen LogP contribution in [0.2, 0.25) is 0 Å². The third-order valence-corrected chi connectivity index (χ3v) is 4.20. The lowest BCUT2D eigenvalue weighted by molar-refractivity contribution is 0.199. The molecule has 0 bridgehead atoms. The summed E-state index contributed by atoms with van der Waals surface area (Å²) in [5, 5.41) is 3.73. The third-order valence-electron chi connectivity index (χ3n) is 4.20. The molecule has 1 aliphatic rings. The molecule has 0 radical (unpaired) electrons. The van der Waals surface area contributed by atoms with E-state index in [-0.39, 0.29) is 0 Å². The highest BCUT2D eigenvalue weighted by Crippen LogP contribution is 2.17. The van der Waals surface area contributed by atoms with E-state index in [9.17, 15) is 0 Å². The molecular formula is C15H32N2. The maximum Gasteiger partial charge on any atom is 0.0110 e. The number of nitrogens with one attached hydrogen (secondary N) is 1. The first-order valence-electron chi connectivity index (χ1n) is 7.75. The molecule has 1 saturated carbocycles. The summed E-state index contributed by atoms with van der Waals surface area (Å²) in [7, 11) is 0. The first kappa shape index (κ1) is 15.0. The van der Waals surface area contributed by atoms with E-state index in [4.69, 9.17) is 0 Å². The predicted molar refractivity (Wildman–Crippen MR) is 76.5 cm³/mol. The molecule has 1 aliphatic carbocycles. The van der Waals surface area contributed by atoms with Crippen molar-refractivity contribution in [3.8, 4) is 0 Å². The maximum atomic E-state index is 3.73. The Balaban J connectivity index is 2.17. The van der Waals surface area contributed by atoms with Crippen molar-refractivity contribution < 1.29 is 0 Å². The topological polar surface area (TPSA) is 15.3 Å². The molecule has 2 nitrogen and oxygen atoms in total. The van der Waals surface area contributed by atoms with Gasteiger partial charge in [0.2, 0.25) is 0 Å². The first-order valence-corrected chi connectivity index (χ1v) is 7.75. The van der Waals surface area contributed by atoms with Crippen LogP contribution in [0.3, 0.4) is 0 Å². The highest BCUT2D eigenvalue weighted by atomic mass is 15.2. The minimum absolute atomic E-state index is 0.743. The molecule has 0 aromatic carbocycles. The smallest absolute Gasteiger partial charge is 0.0110 e. The number of hydrogen-bond donors (Lipinski definition) is 1. The molecule has 1 rings (SSSR count). The van der Waals surface area contributed by atoms with E-state index in [1.165, 1.54) is 64.6 Å². The van der Waals surface area contributed by atoms with E-state index in [2.05, 4.69) is 31.0 Å². The molecule has 2 heteroatoms. The van der Waals surface area contributed by atoms with Crippen molar-refractivity contribution in [2.45, 2.75) is 77.8 Å². The fourth-order valence-electron chi connectivity index (χ4n) is 2.71. The monoisotopic (exact) mass is 240 g/mol. The highest BCUT2D eigenvalue weighted by Gasteiger charge is 2.15. The van der Waals surface area contributed by atoms with Gasteiger partial charge in [0.1, 0.15) is 0 Å². The van der Waals surface area contributed by atoms with E-state index in [1.54, 1.807) is 0 Å². The van der Waals surface area contributed by atoms with Crippen LogP contribution in [0, 0.1) is 0 Å². The van der Waals surface area contributed by atoms with Crippen LogP contribution in [0.5, 0.6) is 0 Å². The summed E-state index contributed by atoms with van der Waals surface area (Å²) in [6.45, 7) is 10.6. The second-order valence-corrected chi connectivity index (χ2v) is 5.58. The van der Waals surface area contributed by atoms with Crippen molar-refractivity contribution in [2.24, 2.45) is 0 Å². The first-order chi connectivity index (χ1) is 8.27. The van der Waals surface area contributed by atoms with Crippen LogP contribution < -0.4 is 5.32 Å². The minimum Gasteiger partial charge on any atom is -0.313 e. The second kappa shape index (κ2) is 8.93. The summed E-state index contributed by atoms with van der Waals surface area (Å²) in [6, 6.07) is 1.56. The van der Waals surface area contributed by atoms with Crippen LogP contribution in [0.4, 0.5) is 0 Å². The molecule has 102 valence electrons. The summed E-state index contributed by atoms with van der Waals surface area (Å²) in [4.78, 5) is 2.66. The number of hydrogen-bond acceptors (Lipinski definition) is 2. The lowest BCUT2D eigenvalue weighted by atomic mass is 10.2. The van der Waals surface area contributed by atoms with Crippen LogP contribution in [-0.2, 0) is 0 Å². The van der Waals surface area contributed by atoms with Gasteiger partial charge in [0.15, 0.2) is 0 Å². The Kier molecular flexibility index (Phi) is 7.87. The van der Waals surface area contributed by atoms with Gasteiger partial charge in [-0.25, -0.2) is 0 Å². The molecule has 0 amide bonds. The van der Waals surface area contributed by atoms with Crippen molar-refractivity contribution in [2.75, 3.05) is 19.6 Å². The van der Waals surface area contributed by atoms with Crippen molar-refractivity contribution >= 4 is 0 Å². The fraction of sp³-hybridized carbons (Fsp3) is 1.00. The Morgan fingerprint density at radius 1 is 1.18 bits per heavy atom. The Morgan fingerprint density at radius 2 is 1.88 bits per heavy atom. The Hall–Kier alpha value is -0.0800. The van der Waals surface area contributed by atoms with Gasteiger partial charge in [0, 0.05) is 25.2 Å². The van der Waals surface area contributed by atoms with Gasteiger partial charge >= 0.3 is 0 Å². The lowest BCUT2D eigenvalue weighted by Crippen LogP contribution is -2.40. The van der Waals surface area contributed by atoms with Crippen LogP contribution >= 0.6 is 0 Å². The predicted octanol–water partition coefficient (Wildman–Crippen LogP) is 3.42. The zero-order valence-electron chi connectivity index (χ0n) is 12.2. The molecule has 0 saturated heterocycles. The SMILES string of the molecule is CCCCN(CCNC1CCCC1)C(C)CC. The summed E-state index contributed by atoms with van der Waals surface area (Å²) >= 11 is 0. The van der Waals surface area contributed by atoms with E-state index in [0.29, 0.717) is 0 Å². The molecule has 1 N–H and O–H groups in total. The Bertz CT molecular complexity index is 176. The average molecular weight is 240 g/mol. The number of rotatable bonds is 9. The van der Waals surface area contributed by atoms with Crippen molar-refractivity contribution in [1.82, 2.24) is 10.2 Å². The maximum absolute atomic E-state index is 3.73. The molecule has 17 heavy (non-hydrogen) atoms. The molecule has 1 fully saturated rings. The van der Waals surface area contributed by atoms with E-state index >= 15 is 0 Å². The normalized spacial score (nSPS) is 19.1. The van der Waals surface area contributed by atoms with Crippen LogP contribution in [0.15, 0.2) is 0 Å². The van der Waals surface area contributed by atoms with Crippen LogP contribution in [-0.4, -0.2) is 36.6 Å². The Labute approximate surface area is 108 Å². The molecule has 0 aliphatic heterocycles. The highest BCUT2D eigenvalue weighted by molar-refractivity contribution is 4.75. The fourth-order valence-corrected chi connectivity index (χ4v) is 2.71. The van der Waals surface area contributed by atoms with Crippen molar-refractivity contribution in [3.05, 3.63) is 0 Å². The van der Waals surface area contributed by atoms with Gasteiger partial charge in [-0.15, -0.1) is 0 Å². The number of nitrogens with zero attached hydrogens (tertiary/aromatic N) is 1. The van der Waals surface area contributed by atoms with Crippen LogP contribution in [0.25, 0.3) is 0 Å². The molecule has 1 unspecified atom stereocenters. The summed E-state index contributed by atoms with van der Waals surface area (Å²) in [5.41, 5.74) is 0. The number of unbranched alkanes of at least 4 members (excludes halogenated alkanes) is 1. The Morgan fingerprint density at radius 3 is 2.47 bits per heavy atom. The zero-order valence-corrected chi connectivity index (χ0v) is 12.2. The van der Waals surface area contributed by atoms with Gasteiger partial charge in [0.25, 0.3) is 0 Å². The minimum atomic E-state index is 0.743. The molecule has 0 aromatic heterocycles. The van der Waals surface area contributed by atoms with Gasteiger partial charge < -0.3 is 5.32 Å². The van der Waals surface area contributed by atoms with Crippen molar-refractivity contribution in [1.29, 1.82) is 0 Å². The van der Waals surface area contributed by atoms with Crippen molar-refractivity contribution in [3.63, 3.8) is 0 Å². The second-order valence-electron chi connectivity index (χ2n) is 5.58. The molecular weight excluding hydrogens is 208 g/mol. The molecule has 1 atom stereocenters. The van der Waals surface area contributed by atoms with Crippen LogP contribution in [0.1, 0.15) is 65.7 Å². The lowest BCUT2D eigenvalue weighted by Gasteiger charge is -2.29. The molecule has 0 aromatic rings. The quantitative estimate of drug-likeness (QED) is 0.664.